The van der Waals surface area contributed by atoms with E-state index in [2.05, 4.69) is 5.32 Å². The number of hydrogen-bond acceptors (Lipinski definition) is 3. The van der Waals surface area contributed by atoms with E-state index in [-0.39, 0.29) is 6.03 Å². The van der Waals surface area contributed by atoms with Gasteiger partial charge in [0.25, 0.3) is 0 Å². The van der Waals surface area contributed by atoms with E-state index in [4.69, 9.17) is 0 Å². The van der Waals surface area contributed by atoms with E-state index in [1.165, 1.54) is 4.90 Å². The predicted molar refractivity (Wildman–Crippen MR) is 83.8 cm³/mol. The molecule has 1 heterocycles. The Hall–Kier alpha value is -1.69. The standard InChI is InChI=1S/C15H20N2O3S/c1-21-13-9-5-4-7-11(13)16-15(20)17-10-6-2-3-8-12(17)14(18)19/h4-5,7,9,12H,2-3,6,8,10H2,1H3,(H,16,20)(H,18,19). The summed E-state index contributed by atoms with van der Waals surface area (Å²) in [6.07, 6.45) is 5.13. The lowest BCUT2D eigenvalue weighted by Gasteiger charge is -2.27. The average molecular weight is 308 g/mol. The first-order valence-electron chi connectivity index (χ1n) is 7.07. The van der Waals surface area contributed by atoms with E-state index in [9.17, 15) is 14.7 Å². The molecule has 0 aliphatic carbocycles. The summed E-state index contributed by atoms with van der Waals surface area (Å²) in [6, 6.07) is 6.47. The lowest BCUT2D eigenvalue weighted by atomic mass is 10.1. The molecule has 1 aromatic rings. The van der Waals surface area contributed by atoms with Crippen molar-refractivity contribution in [2.45, 2.75) is 36.6 Å². The molecule has 1 aliphatic rings. The van der Waals surface area contributed by atoms with Crippen LogP contribution in [0.25, 0.3) is 0 Å². The number of anilines is 1. The zero-order chi connectivity index (χ0) is 15.2. The zero-order valence-corrected chi connectivity index (χ0v) is 12.9. The van der Waals surface area contributed by atoms with Gasteiger partial charge in [0.05, 0.1) is 5.69 Å². The van der Waals surface area contributed by atoms with E-state index >= 15 is 0 Å². The summed E-state index contributed by atoms with van der Waals surface area (Å²) in [6.45, 7) is 0.490. The minimum Gasteiger partial charge on any atom is -0.480 e. The van der Waals surface area contributed by atoms with Crippen LogP contribution in [0.3, 0.4) is 0 Å². The molecule has 114 valence electrons. The van der Waals surface area contributed by atoms with Crippen molar-refractivity contribution < 1.29 is 14.7 Å². The van der Waals surface area contributed by atoms with Gasteiger partial charge in [-0.1, -0.05) is 25.0 Å². The van der Waals surface area contributed by atoms with E-state index in [1.54, 1.807) is 11.8 Å². The van der Waals surface area contributed by atoms with Crippen molar-refractivity contribution in [2.24, 2.45) is 0 Å². The Balaban J connectivity index is 2.15. The maximum absolute atomic E-state index is 12.4. The first-order valence-corrected chi connectivity index (χ1v) is 8.29. The van der Waals surface area contributed by atoms with Crippen molar-refractivity contribution >= 4 is 29.4 Å². The third-order valence-corrected chi connectivity index (χ3v) is 4.44. The van der Waals surface area contributed by atoms with Crippen LogP contribution in [0.4, 0.5) is 10.5 Å². The monoisotopic (exact) mass is 308 g/mol. The van der Waals surface area contributed by atoms with E-state index in [0.717, 1.165) is 29.8 Å². The summed E-state index contributed by atoms with van der Waals surface area (Å²) in [7, 11) is 0. The molecule has 0 spiro atoms. The molecular formula is C15H20N2O3S. The van der Waals surface area contributed by atoms with Crippen molar-refractivity contribution in [1.82, 2.24) is 4.90 Å². The van der Waals surface area contributed by atoms with Crippen molar-refractivity contribution in [3.63, 3.8) is 0 Å². The summed E-state index contributed by atoms with van der Waals surface area (Å²) >= 11 is 1.55. The molecule has 2 amide bonds. The smallest absolute Gasteiger partial charge is 0.326 e. The van der Waals surface area contributed by atoms with Crippen molar-refractivity contribution in [1.29, 1.82) is 0 Å². The van der Waals surface area contributed by atoms with Crippen LogP contribution in [0.1, 0.15) is 25.7 Å². The SMILES string of the molecule is CSc1ccccc1NC(=O)N1CCCCCC1C(=O)O. The van der Waals surface area contributed by atoms with Crippen LogP contribution >= 0.6 is 11.8 Å². The molecular weight excluding hydrogens is 288 g/mol. The topological polar surface area (TPSA) is 69.6 Å². The fraction of sp³-hybridized carbons (Fsp3) is 0.467. The third-order valence-electron chi connectivity index (χ3n) is 3.65. The van der Waals surface area contributed by atoms with Gasteiger partial charge >= 0.3 is 12.0 Å². The van der Waals surface area contributed by atoms with E-state index < -0.39 is 12.0 Å². The van der Waals surface area contributed by atoms with Gasteiger partial charge in [0.1, 0.15) is 6.04 Å². The van der Waals surface area contributed by atoms with Crippen LogP contribution in [0, 0.1) is 0 Å². The number of nitrogens with zero attached hydrogens (tertiary/aromatic N) is 1. The van der Waals surface area contributed by atoms with Crippen molar-refractivity contribution in [2.75, 3.05) is 18.1 Å². The van der Waals surface area contributed by atoms with Gasteiger partial charge in [-0.3, -0.25) is 0 Å². The van der Waals surface area contributed by atoms with E-state index in [0.29, 0.717) is 13.0 Å². The third kappa shape index (κ3) is 3.91. The first kappa shape index (κ1) is 15.7. The molecule has 21 heavy (non-hydrogen) atoms. The number of carboxylic acids is 1. The van der Waals surface area contributed by atoms with Gasteiger partial charge in [0.15, 0.2) is 0 Å². The van der Waals surface area contributed by atoms with Gasteiger partial charge in [0.2, 0.25) is 0 Å². The van der Waals surface area contributed by atoms with Crippen LogP contribution in [-0.2, 0) is 4.79 Å². The van der Waals surface area contributed by atoms with Crippen LogP contribution in [0.15, 0.2) is 29.2 Å². The van der Waals surface area contributed by atoms with Crippen LogP contribution < -0.4 is 5.32 Å². The van der Waals surface area contributed by atoms with Crippen LogP contribution in [-0.4, -0.2) is 40.8 Å². The highest BCUT2D eigenvalue weighted by atomic mass is 32.2. The lowest BCUT2D eigenvalue weighted by Crippen LogP contribution is -2.46. The number of para-hydroxylation sites is 1. The molecule has 1 aliphatic heterocycles. The summed E-state index contributed by atoms with van der Waals surface area (Å²) in [5.74, 6) is -0.926. The minimum atomic E-state index is -0.926. The molecule has 0 saturated carbocycles. The van der Waals surface area contributed by atoms with Crippen molar-refractivity contribution in [3.8, 4) is 0 Å². The number of likely N-dealkylation sites (tertiary alicyclic amines) is 1. The van der Waals surface area contributed by atoms with Gasteiger partial charge in [-0.2, -0.15) is 0 Å². The lowest BCUT2D eigenvalue weighted by molar-refractivity contribution is -0.142. The van der Waals surface area contributed by atoms with Gasteiger partial charge in [-0.25, -0.2) is 9.59 Å². The molecule has 6 heteroatoms. The molecule has 2 rings (SSSR count). The van der Waals surface area contributed by atoms with Gasteiger partial charge in [0, 0.05) is 11.4 Å². The number of benzene rings is 1. The summed E-state index contributed by atoms with van der Waals surface area (Å²) in [4.78, 5) is 26.2. The number of urea groups is 1. The number of rotatable bonds is 3. The largest absolute Gasteiger partial charge is 0.480 e. The molecule has 1 atom stereocenters. The van der Waals surface area contributed by atoms with Crippen molar-refractivity contribution in [3.05, 3.63) is 24.3 Å². The second kappa shape index (κ2) is 7.36. The molecule has 5 nitrogen and oxygen atoms in total. The Labute approximate surface area is 128 Å². The Morgan fingerprint density at radius 1 is 1.29 bits per heavy atom. The van der Waals surface area contributed by atoms with Crippen LogP contribution in [0.2, 0.25) is 0 Å². The predicted octanol–water partition coefficient (Wildman–Crippen LogP) is 3.27. The molecule has 1 unspecified atom stereocenters. The number of carboxylic acid groups (broad SMARTS) is 1. The number of aliphatic carboxylic acids is 1. The highest BCUT2D eigenvalue weighted by Gasteiger charge is 2.30. The second-order valence-corrected chi connectivity index (χ2v) is 5.88. The molecule has 1 aromatic carbocycles. The minimum absolute atomic E-state index is 0.328. The molecule has 1 fully saturated rings. The molecule has 0 bridgehead atoms. The number of thioether (sulfide) groups is 1. The molecule has 0 aromatic heterocycles. The number of carbonyl (C=O) groups is 2. The second-order valence-electron chi connectivity index (χ2n) is 5.03. The van der Waals surface area contributed by atoms with Gasteiger partial charge in [-0.05, 0) is 31.2 Å². The molecule has 1 saturated heterocycles. The van der Waals surface area contributed by atoms with Crippen LogP contribution in [0.5, 0.6) is 0 Å². The van der Waals surface area contributed by atoms with E-state index in [1.807, 2.05) is 30.5 Å². The maximum atomic E-state index is 12.4. The van der Waals surface area contributed by atoms with Gasteiger partial charge in [-0.15, -0.1) is 11.8 Å². The Bertz CT molecular complexity index is 521. The Morgan fingerprint density at radius 2 is 2.05 bits per heavy atom. The first-order chi connectivity index (χ1) is 10.1. The zero-order valence-electron chi connectivity index (χ0n) is 12.0. The average Bonchev–Trinajstić information content (AvgIpc) is 2.73. The fourth-order valence-corrected chi connectivity index (χ4v) is 3.10. The Morgan fingerprint density at radius 3 is 2.76 bits per heavy atom. The highest BCUT2D eigenvalue weighted by molar-refractivity contribution is 7.98. The molecule has 0 radical (unpaired) electrons. The molecule has 2 N–H and O–H groups in total. The number of hydrogen-bond donors (Lipinski definition) is 2. The normalized spacial score (nSPS) is 18.9. The summed E-state index contributed by atoms with van der Waals surface area (Å²) < 4.78 is 0. The maximum Gasteiger partial charge on any atom is 0.326 e. The Kier molecular flexibility index (Phi) is 5.50. The number of carbonyl (C=O) groups excluding carboxylic acids is 1. The number of nitrogens with one attached hydrogen (secondary N) is 1. The summed E-state index contributed by atoms with van der Waals surface area (Å²) in [5.41, 5.74) is 0.725. The fourth-order valence-electron chi connectivity index (χ4n) is 2.54. The quantitative estimate of drug-likeness (QED) is 0.841. The highest BCUT2D eigenvalue weighted by Crippen LogP contribution is 2.26. The summed E-state index contributed by atoms with van der Waals surface area (Å²) in [5, 5.41) is 12.2. The number of amides is 2. The van der Waals surface area contributed by atoms with Gasteiger partial charge < -0.3 is 15.3 Å².